The molecular formula is C29H29N3O2. The van der Waals surface area contributed by atoms with Crippen LogP contribution in [-0.2, 0) is 17.8 Å². The van der Waals surface area contributed by atoms with Gasteiger partial charge in [-0.2, -0.15) is 0 Å². The number of carbonyl (C=O) groups excluding carboxylic acids is 1. The maximum absolute atomic E-state index is 12.2. The van der Waals surface area contributed by atoms with Gasteiger partial charge in [0.05, 0.1) is 11.4 Å². The Kier molecular flexibility index (Phi) is 5.93. The number of rotatable bonds is 7. The Morgan fingerprint density at radius 1 is 1.09 bits per heavy atom. The fraction of sp³-hybridized carbons (Fsp3) is 0.241. The van der Waals surface area contributed by atoms with Crippen LogP contribution < -0.4 is 10.1 Å². The first-order chi connectivity index (χ1) is 16.5. The highest BCUT2D eigenvalue weighted by Crippen LogP contribution is 2.48. The van der Waals surface area contributed by atoms with Gasteiger partial charge in [-0.1, -0.05) is 62.4 Å². The Morgan fingerprint density at radius 3 is 2.56 bits per heavy atom. The highest BCUT2D eigenvalue weighted by atomic mass is 16.5. The van der Waals surface area contributed by atoms with Crippen LogP contribution in [0, 0.1) is 5.41 Å². The van der Waals surface area contributed by atoms with Gasteiger partial charge >= 0.3 is 0 Å². The minimum Gasteiger partial charge on any atom is -0.473 e. The molecule has 0 saturated heterocycles. The summed E-state index contributed by atoms with van der Waals surface area (Å²) in [5, 5.41) is 3.60. The Hall–Kier alpha value is -3.86. The Morgan fingerprint density at radius 2 is 1.82 bits per heavy atom. The van der Waals surface area contributed by atoms with E-state index < -0.39 is 0 Å². The first-order valence-corrected chi connectivity index (χ1v) is 11.7. The molecule has 0 amide bonds. The lowest BCUT2D eigenvalue weighted by atomic mass is 9.71. The molecule has 2 heterocycles. The first-order valence-electron chi connectivity index (χ1n) is 11.7. The molecule has 5 nitrogen and oxygen atoms in total. The maximum Gasteiger partial charge on any atom is 0.214 e. The quantitative estimate of drug-likeness (QED) is 0.309. The van der Waals surface area contributed by atoms with E-state index in [1.54, 1.807) is 6.20 Å². The molecule has 0 bridgehead atoms. The van der Waals surface area contributed by atoms with Crippen molar-refractivity contribution in [1.29, 1.82) is 0 Å². The summed E-state index contributed by atoms with van der Waals surface area (Å²) in [7, 11) is 0. The van der Waals surface area contributed by atoms with Gasteiger partial charge in [-0.05, 0) is 42.0 Å². The van der Waals surface area contributed by atoms with Gasteiger partial charge in [0.1, 0.15) is 12.9 Å². The van der Waals surface area contributed by atoms with E-state index in [2.05, 4.69) is 29.1 Å². The number of para-hydroxylation sites is 1. The third-order valence-electron chi connectivity index (χ3n) is 6.38. The van der Waals surface area contributed by atoms with E-state index in [-0.39, 0.29) is 11.3 Å². The largest absolute Gasteiger partial charge is 0.473 e. The average molecular weight is 452 g/mol. The van der Waals surface area contributed by atoms with Gasteiger partial charge in [0.25, 0.3) is 0 Å². The molecule has 0 aliphatic heterocycles. The van der Waals surface area contributed by atoms with Gasteiger partial charge in [-0.15, -0.1) is 0 Å². The standard InChI is InChI=1S/C29H29N3O2/c1-29(2)16-22(18-33)26-24(17-29)32-27(28(26)31-23-11-7-4-8-12-23)21-13-14-30-25(15-21)34-19-20-9-5-3-6-10-20/h3-15,18,22,31-32H,16-17,19H2,1-2H3. The van der Waals surface area contributed by atoms with E-state index in [0.717, 1.165) is 58.6 Å². The number of anilines is 2. The first kappa shape index (κ1) is 22.0. The summed E-state index contributed by atoms with van der Waals surface area (Å²) >= 11 is 0. The molecule has 172 valence electrons. The van der Waals surface area contributed by atoms with Crippen molar-refractivity contribution in [2.45, 2.75) is 39.2 Å². The van der Waals surface area contributed by atoms with E-state index >= 15 is 0 Å². The molecule has 0 fully saturated rings. The third kappa shape index (κ3) is 4.60. The average Bonchev–Trinajstić information content (AvgIpc) is 3.20. The fourth-order valence-corrected chi connectivity index (χ4v) is 4.87. The molecule has 0 saturated carbocycles. The van der Waals surface area contributed by atoms with Gasteiger partial charge in [0.15, 0.2) is 0 Å². The van der Waals surface area contributed by atoms with Crippen LogP contribution in [0.15, 0.2) is 79.0 Å². The molecule has 2 aromatic heterocycles. The van der Waals surface area contributed by atoms with E-state index in [4.69, 9.17) is 4.74 Å². The summed E-state index contributed by atoms with van der Waals surface area (Å²) in [4.78, 5) is 20.2. The van der Waals surface area contributed by atoms with Crippen LogP contribution in [0.25, 0.3) is 11.3 Å². The Balaban J connectivity index is 1.54. The van der Waals surface area contributed by atoms with Crippen LogP contribution >= 0.6 is 0 Å². The Bertz CT molecular complexity index is 1280. The number of benzene rings is 2. The van der Waals surface area contributed by atoms with Crippen LogP contribution in [0.5, 0.6) is 5.88 Å². The zero-order valence-corrected chi connectivity index (χ0v) is 19.5. The smallest absolute Gasteiger partial charge is 0.214 e. The number of hydrogen-bond acceptors (Lipinski definition) is 4. The number of aromatic nitrogens is 2. The molecule has 0 radical (unpaired) electrons. The third-order valence-corrected chi connectivity index (χ3v) is 6.38. The van der Waals surface area contributed by atoms with Crippen molar-refractivity contribution in [3.8, 4) is 17.1 Å². The topological polar surface area (TPSA) is 67.0 Å². The number of hydrogen-bond donors (Lipinski definition) is 2. The molecule has 0 spiro atoms. The summed E-state index contributed by atoms with van der Waals surface area (Å²) in [6, 6.07) is 24.1. The van der Waals surface area contributed by atoms with Gasteiger partial charge in [0, 0.05) is 40.7 Å². The minimum absolute atomic E-state index is 0.0485. The molecule has 2 aromatic carbocycles. The fourth-order valence-electron chi connectivity index (χ4n) is 4.87. The monoisotopic (exact) mass is 451 g/mol. The van der Waals surface area contributed by atoms with Gasteiger partial charge in [0.2, 0.25) is 5.88 Å². The summed E-state index contributed by atoms with van der Waals surface area (Å²) in [6.07, 6.45) is 4.57. The van der Waals surface area contributed by atoms with E-state index in [9.17, 15) is 4.79 Å². The molecule has 34 heavy (non-hydrogen) atoms. The predicted octanol–water partition coefficient (Wildman–Crippen LogP) is 6.65. The van der Waals surface area contributed by atoms with Gasteiger partial charge < -0.3 is 19.8 Å². The highest BCUT2D eigenvalue weighted by Gasteiger charge is 2.36. The molecule has 1 aliphatic carbocycles. The number of fused-ring (bicyclic) bond motifs is 1. The zero-order valence-electron chi connectivity index (χ0n) is 19.5. The lowest BCUT2D eigenvalue weighted by Crippen LogP contribution is -2.26. The van der Waals surface area contributed by atoms with Crippen molar-refractivity contribution in [2.75, 3.05) is 5.32 Å². The van der Waals surface area contributed by atoms with Crippen molar-refractivity contribution in [3.63, 3.8) is 0 Å². The van der Waals surface area contributed by atoms with E-state index in [0.29, 0.717) is 12.5 Å². The number of H-pyrrole nitrogens is 1. The molecular weight excluding hydrogens is 422 g/mol. The summed E-state index contributed by atoms with van der Waals surface area (Å²) in [5.41, 5.74) is 7.17. The number of ether oxygens (including phenoxy) is 1. The number of aromatic amines is 1. The summed E-state index contributed by atoms with van der Waals surface area (Å²) < 4.78 is 5.99. The lowest BCUT2D eigenvalue weighted by Gasteiger charge is -2.33. The molecule has 1 atom stereocenters. The van der Waals surface area contributed by atoms with Gasteiger partial charge in [-0.3, -0.25) is 0 Å². The number of aldehydes is 1. The van der Waals surface area contributed by atoms with Crippen molar-refractivity contribution in [3.05, 3.63) is 95.8 Å². The normalized spacial score (nSPS) is 16.5. The maximum atomic E-state index is 12.2. The summed E-state index contributed by atoms with van der Waals surface area (Å²) in [5.74, 6) is 0.400. The zero-order chi connectivity index (χ0) is 23.5. The van der Waals surface area contributed by atoms with Crippen LogP contribution in [0.3, 0.4) is 0 Å². The minimum atomic E-state index is -0.161. The van der Waals surface area contributed by atoms with Crippen molar-refractivity contribution < 1.29 is 9.53 Å². The lowest BCUT2D eigenvalue weighted by molar-refractivity contribution is -0.109. The molecule has 1 unspecified atom stereocenters. The highest BCUT2D eigenvalue weighted by molar-refractivity contribution is 5.86. The van der Waals surface area contributed by atoms with Crippen molar-refractivity contribution in [2.24, 2.45) is 5.41 Å². The second kappa shape index (κ2) is 9.18. The van der Waals surface area contributed by atoms with Crippen molar-refractivity contribution in [1.82, 2.24) is 9.97 Å². The van der Waals surface area contributed by atoms with Crippen molar-refractivity contribution >= 4 is 17.7 Å². The molecule has 4 aromatic rings. The molecule has 2 N–H and O–H groups in total. The second-order valence-corrected chi connectivity index (χ2v) is 9.70. The van der Waals surface area contributed by atoms with Gasteiger partial charge in [-0.25, -0.2) is 4.98 Å². The van der Waals surface area contributed by atoms with E-state index in [1.165, 1.54) is 0 Å². The Labute approximate surface area is 200 Å². The van der Waals surface area contributed by atoms with Crippen LogP contribution in [0.1, 0.15) is 43.0 Å². The van der Waals surface area contributed by atoms with E-state index in [1.807, 2.05) is 72.8 Å². The summed E-state index contributed by atoms with van der Waals surface area (Å²) in [6.45, 7) is 4.90. The van der Waals surface area contributed by atoms with Crippen LogP contribution in [0.4, 0.5) is 11.4 Å². The van der Waals surface area contributed by atoms with Crippen LogP contribution in [0.2, 0.25) is 0 Å². The molecule has 1 aliphatic rings. The number of pyridine rings is 1. The van der Waals surface area contributed by atoms with Crippen LogP contribution in [-0.4, -0.2) is 16.3 Å². The predicted molar refractivity (Wildman–Crippen MR) is 135 cm³/mol. The molecule has 5 heteroatoms. The molecule has 5 rings (SSSR count). The number of carbonyl (C=O) groups is 1. The SMILES string of the molecule is CC1(C)Cc2[nH]c(-c3ccnc(OCc4ccccc4)c3)c(Nc3ccccc3)c2C(C=O)C1. The number of nitrogens with zero attached hydrogens (tertiary/aromatic N) is 1. The number of nitrogens with one attached hydrogen (secondary N) is 2. The second-order valence-electron chi connectivity index (χ2n) is 9.70.